The lowest BCUT2D eigenvalue weighted by atomic mass is 10.2. The van der Waals surface area contributed by atoms with Crippen molar-refractivity contribution in [3.05, 3.63) is 91.6 Å². The van der Waals surface area contributed by atoms with Crippen molar-refractivity contribution in [2.24, 2.45) is 5.10 Å². The van der Waals surface area contributed by atoms with E-state index in [0.29, 0.717) is 28.1 Å². The second kappa shape index (κ2) is 9.79. The van der Waals surface area contributed by atoms with Gasteiger partial charge in [-0.1, -0.05) is 35.0 Å². The van der Waals surface area contributed by atoms with E-state index in [1.807, 2.05) is 61.5 Å². The van der Waals surface area contributed by atoms with Gasteiger partial charge in [0.25, 0.3) is 5.56 Å². The van der Waals surface area contributed by atoms with Crippen LogP contribution in [0, 0.1) is 0 Å². The number of hydrogen-bond donors (Lipinski definition) is 0. The molecule has 0 radical (unpaired) electrons. The number of rotatable bonds is 6. The molecular weight excluding hydrogens is 574 g/mol. The number of furan rings is 1. The Morgan fingerprint density at radius 1 is 1.11 bits per heavy atom. The molecule has 6 nitrogen and oxygen atoms in total. The predicted octanol–water partition coefficient (Wildman–Crippen LogP) is 7.39. The Morgan fingerprint density at radius 3 is 2.74 bits per heavy atom. The fraction of sp³-hybridized carbons (Fsp3) is 0.148. The normalized spacial score (nSPS) is 12.6. The van der Waals surface area contributed by atoms with Crippen molar-refractivity contribution < 1.29 is 9.15 Å². The Hall–Kier alpha value is -3.23. The number of nitrogens with zero attached hydrogens (tertiary/aromatic N) is 3. The Balaban J connectivity index is 1.61. The van der Waals surface area contributed by atoms with E-state index in [4.69, 9.17) is 14.1 Å². The average Bonchev–Trinajstić information content (AvgIpc) is 3.28. The minimum absolute atomic E-state index is 0.111. The van der Waals surface area contributed by atoms with Crippen molar-refractivity contribution in [1.82, 2.24) is 9.66 Å². The molecule has 0 fully saturated rings. The molecule has 5 rings (SSSR count). The fourth-order valence-corrected chi connectivity index (χ4v) is 4.50. The van der Waals surface area contributed by atoms with Gasteiger partial charge in [0.1, 0.15) is 11.3 Å². The van der Waals surface area contributed by atoms with Crippen molar-refractivity contribution in [2.75, 3.05) is 0 Å². The van der Waals surface area contributed by atoms with Crippen molar-refractivity contribution in [2.45, 2.75) is 26.4 Å². The number of fused-ring (bicyclic) bond motifs is 2. The van der Waals surface area contributed by atoms with E-state index >= 15 is 0 Å². The first kappa shape index (κ1) is 23.5. The Bertz CT molecular complexity index is 1640. The monoisotopic (exact) mass is 593 g/mol. The number of ether oxygens (including phenoxy) is 1. The van der Waals surface area contributed by atoms with Gasteiger partial charge in [0.15, 0.2) is 5.76 Å². The van der Waals surface area contributed by atoms with Crippen LogP contribution in [0.4, 0.5) is 0 Å². The summed E-state index contributed by atoms with van der Waals surface area (Å²) in [7, 11) is 0. The largest absolute Gasteiger partial charge is 0.490 e. The van der Waals surface area contributed by atoms with Crippen molar-refractivity contribution >= 4 is 59.9 Å². The molecule has 1 atom stereocenters. The highest BCUT2D eigenvalue weighted by Crippen LogP contribution is 2.30. The zero-order valence-corrected chi connectivity index (χ0v) is 22.2. The first-order valence-electron chi connectivity index (χ1n) is 11.1. The third-order valence-corrected chi connectivity index (χ3v) is 6.75. The molecule has 0 aliphatic heterocycles. The Morgan fingerprint density at radius 2 is 1.94 bits per heavy atom. The van der Waals surface area contributed by atoms with E-state index in [-0.39, 0.29) is 11.7 Å². The van der Waals surface area contributed by atoms with Crippen LogP contribution in [0.2, 0.25) is 0 Å². The van der Waals surface area contributed by atoms with Gasteiger partial charge in [-0.2, -0.15) is 9.78 Å². The fourth-order valence-electron chi connectivity index (χ4n) is 3.63. The molecule has 176 valence electrons. The molecule has 0 unspecified atom stereocenters. The molecule has 0 aliphatic rings. The van der Waals surface area contributed by atoms with Crippen LogP contribution in [-0.4, -0.2) is 22.0 Å². The maximum Gasteiger partial charge on any atom is 0.282 e. The molecule has 2 heterocycles. The summed E-state index contributed by atoms with van der Waals surface area (Å²) in [5, 5.41) is 5.90. The minimum Gasteiger partial charge on any atom is -0.490 e. The van der Waals surface area contributed by atoms with Crippen LogP contribution in [0.1, 0.15) is 25.8 Å². The van der Waals surface area contributed by atoms with Gasteiger partial charge >= 0.3 is 0 Å². The third kappa shape index (κ3) is 4.81. The van der Waals surface area contributed by atoms with E-state index in [1.54, 1.807) is 18.3 Å². The summed E-state index contributed by atoms with van der Waals surface area (Å²) in [6.07, 6.45) is 2.65. The summed E-state index contributed by atoms with van der Waals surface area (Å²) in [6.45, 7) is 4.10. The van der Waals surface area contributed by atoms with Gasteiger partial charge in [0.2, 0.25) is 5.82 Å². The summed E-state index contributed by atoms with van der Waals surface area (Å²) in [4.78, 5) is 18.1. The lowest BCUT2D eigenvalue weighted by Gasteiger charge is -2.14. The molecule has 0 saturated carbocycles. The van der Waals surface area contributed by atoms with Gasteiger partial charge in [-0.25, -0.2) is 4.98 Å². The standard InChI is InChI=1S/C27H21Br2N3O3/c1-3-16(2)34-24-10-8-17(12-21(24)29)15-30-32-26(31-22-7-5-4-6-20(22)27(32)33)25-14-18-13-19(28)9-11-23(18)35-25/h4-16H,3H2,1-2H3/t16-/m0/s1. The first-order chi connectivity index (χ1) is 16.9. The second-order valence-corrected chi connectivity index (χ2v) is 9.90. The van der Waals surface area contributed by atoms with Crippen LogP contribution in [0.25, 0.3) is 33.5 Å². The van der Waals surface area contributed by atoms with Gasteiger partial charge < -0.3 is 9.15 Å². The van der Waals surface area contributed by atoms with Crippen molar-refractivity contribution in [3.8, 4) is 17.3 Å². The van der Waals surface area contributed by atoms with E-state index < -0.39 is 0 Å². The lowest BCUT2D eigenvalue weighted by Crippen LogP contribution is -2.20. The van der Waals surface area contributed by atoms with Crippen molar-refractivity contribution in [3.63, 3.8) is 0 Å². The molecule has 0 aliphatic carbocycles. The second-order valence-electron chi connectivity index (χ2n) is 8.13. The van der Waals surface area contributed by atoms with Crippen molar-refractivity contribution in [1.29, 1.82) is 0 Å². The number of para-hydroxylation sites is 1. The number of halogens is 2. The van der Waals surface area contributed by atoms with E-state index in [9.17, 15) is 4.79 Å². The van der Waals surface area contributed by atoms with Gasteiger partial charge in [-0.15, -0.1) is 0 Å². The molecule has 35 heavy (non-hydrogen) atoms. The highest BCUT2D eigenvalue weighted by atomic mass is 79.9. The van der Waals surface area contributed by atoms with E-state index in [1.165, 1.54) is 4.68 Å². The van der Waals surface area contributed by atoms with Gasteiger partial charge in [-0.3, -0.25) is 4.79 Å². The Labute approximate surface area is 218 Å². The molecule has 3 aromatic carbocycles. The predicted molar refractivity (Wildman–Crippen MR) is 146 cm³/mol. The SMILES string of the molecule is CC[C@H](C)Oc1ccc(C=Nn2c(-c3cc4cc(Br)ccc4o3)nc3ccccc3c2=O)cc1Br. The number of benzene rings is 3. The van der Waals surface area contributed by atoms with Gasteiger partial charge in [0.05, 0.1) is 27.7 Å². The molecule has 0 saturated heterocycles. The van der Waals surface area contributed by atoms with Crippen LogP contribution in [0.15, 0.2) is 90.0 Å². The van der Waals surface area contributed by atoms with Crippen LogP contribution in [-0.2, 0) is 0 Å². The topological polar surface area (TPSA) is 69.6 Å². The molecule has 0 amide bonds. The van der Waals surface area contributed by atoms with E-state index in [0.717, 1.165) is 32.1 Å². The summed E-state index contributed by atoms with van der Waals surface area (Å²) < 4.78 is 15.0. The van der Waals surface area contributed by atoms with Crippen LogP contribution < -0.4 is 10.3 Å². The van der Waals surface area contributed by atoms with Crippen LogP contribution in [0.3, 0.4) is 0 Å². The third-order valence-electron chi connectivity index (χ3n) is 5.63. The van der Waals surface area contributed by atoms with Crippen LogP contribution in [0.5, 0.6) is 5.75 Å². The molecule has 0 bridgehead atoms. The van der Waals surface area contributed by atoms with Gasteiger partial charge in [-0.05, 0) is 89.4 Å². The first-order valence-corrected chi connectivity index (χ1v) is 12.7. The molecule has 2 aromatic heterocycles. The smallest absolute Gasteiger partial charge is 0.282 e. The maximum atomic E-state index is 13.4. The molecular formula is C27H21Br2N3O3. The molecule has 0 N–H and O–H groups in total. The number of aromatic nitrogens is 2. The summed E-state index contributed by atoms with van der Waals surface area (Å²) >= 11 is 7.05. The average molecular weight is 595 g/mol. The van der Waals surface area contributed by atoms with E-state index in [2.05, 4.69) is 43.9 Å². The molecule has 5 aromatic rings. The highest BCUT2D eigenvalue weighted by molar-refractivity contribution is 9.10. The molecule has 0 spiro atoms. The van der Waals surface area contributed by atoms with Crippen LogP contribution >= 0.6 is 31.9 Å². The zero-order chi connectivity index (χ0) is 24.5. The zero-order valence-electron chi connectivity index (χ0n) is 19.0. The summed E-state index contributed by atoms with van der Waals surface area (Å²) in [5.74, 6) is 1.54. The van der Waals surface area contributed by atoms with Gasteiger partial charge in [0, 0.05) is 9.86 Å². The summed E-state index contributed by atoms with van der Waals surface area (Å²) in [6, 6.07) is 20.5. The Kier molecular flexibility index (Phi) is 6.58. The highest BCUT2D eigenvalue weighted by Gasteiger charge is 2.16. The summed E-state index contributed by atoms with van der Waals surface area (Å²) in [5.41, 5.74) is 1.80. The number of hydrogen-bond acceptors (Lipinski definition) is 5. The maximum absolute atomic E-state index is 13.4. The lowest BCUT2D eigenvalue weighted by molar-refractivity contribution is 0.216. The minimum atomic E-state index is -0.278. The molecule has 8 heteroatoms. The quantitative estimate of drug-likeness (QED) is 0.192.